The van der Waals surface area contributed by atoms with Gasteiger partial charge in [0.25, 0.3) is 11.8 Å². The standard InChI is InChI=1S/C27H25N3O6S2/c1-2-35-26(34)16-9-11-17(12-10-16)28-21(31)15-29-20-8-4-3-7-19(20)22(24(29)32)23-25(33)30(27(37)38-23)14-18-6-5-13-36-18/h3-4,7-12,18H,2,5-6,13-15H2,1H3,(H,28,31). The molecule has 1 unspecified atom stereocenters. The van der Waals surface area contributed by atoms with Crippen molar-refractivity contribution < 1.29 is 28.7 Å². The van der Waals surface area contributed by atoms with Gasteiger partial charge in [-0.25, -0.2) is 4.79 Å². The normalized spacial score (nSPS) is 20.8. The molecule has 2 aromatic rings. The van der Waals surface area contributed by atoms with Crippen molar-refractivity contribution in [3.05, 3.63) is 64.6 Å². The van der Waals surface area contributed by atoms with Gasteiger partial charge in [-0.05, 0) is 50.1 Å². The molecule has 5 rings (SSSR count). The van der Waals surface area contributed by atoms with Gasteiger partial charge in [0.05, 0.1) is 41.0 Å². The topological polar surface area (TPSA) is 105 Å². The number of amides is 3. The largest absolute Gasteiger partial charge is 0.462 e. The van der Waals surface area contributed by atoms with Crippen LogP contribution >= 0.6 is 24.0 Å². The number of hydrogen-bond acceptors (Lipinski definition) is 8. The molecule has 2 aromatic carbocycles. The van der Waals surface area contributed by atoms with Crippen LogP contribution in [0.25, 0.3) is 5.57 Å². The summed E-state index contributed by atoms with van der Waals surface area (Å²) in [4.78, 5) is 54.8. The zero-order valence-electron chi connectivity index (χ0n) is 20.6. The second kappa shape index (κ2) is 11.1. The van der Waals surface area contributed by atoms with Gasteiger partial charge in [0, 0.05) is 17.9 Å². The summed E-state index contributed by atoms with van der Waals surface area (Å²) in [5, 5.41) is 2.75. The molecule has 0 spiro atoms. The Morgan fingerprint density at radius 2 is 1.87 bits per heavy atom. The van der Waals surface area contributed by atoms with E-state index in [9.17, 15) is 19.2 Å². The second-order valence-electron chi connectivity index (χ2n) is 8.88. The Kier molecular flexibility index (Phi) is 7.59. The maximum Gasteiger partial charge on any atom is 0.338 e. The Bertz CT molecular complexity index is 1350. The van der Waals surface area contributed by atoms with Crippen LogP contribution in [0.4, 0.5) is 11.4 Å². The van der Waals surface area contributed by atoms with Crippen LogP contribution in [-0.4, -0.2) is 65.3 Å². The minimum atomic E-state index is -0.446. The van der Waals surface area contributed by atoms with Crippen molar-refractivity contribution in [1.29, 1.82) is 0 Å². The van der Waals surface area contributed by atoms with Gasteiger partial charge in [0.2, 0.25) is 5.91 Å². The summed E-state index contributed by atoms with van der Waals surface area (Å²) in [5.41, 5.74) is 2.22. The van der Waals surface area contributed by atoms with Crippen molar-refractivity contribution in [3.8, 4) is 0 Å². The first-order chi connectivity index (χ1) is 18.4. The van der Waals surface area contributed by atoms with Gasteiger partial charge >= 0.3 is 5.97 Å². The Hall–Kier alpha value is -3.54. The Morgan fingerprint density at radius 3 is 2.58 bits per heavy atom. The molecular formula is C27H25N3O6S2. The summed E-state index contributed by atoms with van der Waals surface area (Å²) in [7, 11) is 0. The monoisotopic (exact) mass is 551 g/mol. The molecule has 38 heavy (non-hydrogen) atoms. The Morgan fingerprint density at radius 1 is 1.11 bits per heavy atom. The number of esters is 1. The molecule has 3 aliphatic heterocycles. The lowest BCUT2D eigenvalue weighted by Crippen LogP contribution is -2.36. The zero-order chi connectivity index (χ0) is 26.8. The number of rotatable bonds is 7. The number of thiocarbonyl (C=S) groups is 1. The van der Waals surface area contributed by atoms with Crippen molar-refractivity contribution in [3.63, 3.8) is 0 Å². The van der Waals surface area contributed by atoms with E-state index in [0.29, 0.717) is 40.0 Å². The van der Waals surface area contributed by atoms with Crippen molar-refractivity contribution in [2.24, 2.45) is 0 Å². The summed E-state index contributed by atoms with van der Waals surface area (Å²) in [6.07, 6.45) is 1.73. The lowest BCUT2D eigenvalue weighted by molar-refractivity contribution is -0.123. The molecule has 1 atom stereocenters. The zero-order valence-corrected chi connectivity index (χ0v) is 22.2. The fourth-order valence-electron chi connectivity index (χ4n) is 4.60. The first-order valence-corrected chi connectivity index (χ1v) is 13.5. The van der Waals surface area contributed by atoms with Gasteiger partial charge in [-0.2, -0.15) is 0 Å². The van der Waals surface area contributed by atoms with E-state index < -0.39 is 17.8 Å². The lowest BCUT2D eigenvalue weighted by Gasteiger charge is -2.18. The predicted molar refractivity (Wildman–Crippen MR) is 148 cm³/mol. The molecule has 0 saturated carbocycles. The van der Waals surface area contributed by atoms with Crippen LogP contribution in [0.1, 0.15) is 35.7 Å². The minimum Gasteiger partial charge on any atom is -0.462 e. The number of nitrogens with one attached hydrogen (secondary N) is 1. The molecule has 11 heteroatoms. The van der Waals surface area contributed by atoms with E-state index in [4.69, 9.17) is 21.7 Å². The number of ether oxygens (including phenoxy) is 2. The van der Waals surface area contributed by atoms with Gasteiger partial charge < -0.3 is 14.8 Å². The molecule has 3 heterocycles. The summed E-state index contributed by atoms with van der Waals surface area (Å²) >= 11 is 6.58. The highest BCUT2D eigenvalue weighted by atomic mass is 32.2. The number of fused-ring (bicyclic) bond motifs is 1. The predicted octanol–water partition coefficient (Wildman–Crippen LogP) is 3.60. The number of para-hydroxylation sites is 1. The Balaban J connectivity index is 1.34. The van der Waals surface area contributed by atoms with E-state index in [1.165, 1.54) is 9.80 Å². The van der Waals surface area contributed by atoms with Crippen LogP contribution in [0, 0.1) is 0 Å². The van der Waals surface area contributed by atoms with Gasteiger partial charge in [0.15, 0.2) is 0 Å². The van der Waals surface area contributed by atoms with E-state index >= 15 is 0 Å². The number of carbonyl (C=O) groups is 4. The molecule has 0 radical (unpaired) electrons. The SMILES string of the molecule is CCOC(=O)c1ccc(NC(=O)CN2C(=O)C(=C3SC(=S)N(CC4CCCO4)C3=O)c3ccccc32)cc1. The van der Waals surface area contributed by atoms with Crippen LogP contribution in [0.5, 0.6) is 0 Å². The average molecular weight is 552 g/mol. The molecule has 1 N–H and O–H groups in total. The molecule has 0 aliphatic carbocycles. The molecule has 9 nitrogen and oxygen atoms in total. The highest BCUT2D eigenvalue weighted by Crippen LogP contribution is 2.44. The molecule has 3 amide bonds. The summed E-state index contributed by atoms with van der Waals surface area (Å²) in [6.45, 7) is 2.76. The van der Waals surface area contributed by atoms with Gasteiger partial charge in [-0.15, -0.1) is 0 Å². The first-order valence-electron chi connectivity index (χ1n) is 12.2. The first kappa shape index (κ1) is 26.1. The third-order valence-electron chi connectivity index (χ3n) is 6.39. The third kappa shape index (κ3) is 5.09. The smallest absolute Gasteiger partial charge is 0.338 e. The van der Waals surface area contributed by atoms with E-state index in [1.54, 1.807) is 55.5 Å². The summed E-state index contributed by atoms with van der Waals surface area (Å²) < 4.78 is 11.0. The van der Waals surface area contributed by atoms with Crippen LogP contribution < -0.4 is 10.2 Å². The lowest BCUT2D eigenvalue weighted by atomic mass is 10.1. The Labute approximate surface area is 229 Å². The molecule has 2 saturated heterocycles. The number of benzene rings is 2. The van der Waals surface area contributed by atoms with E-state index in [0.717, 1.165) is 24.6 Å². The van der Waals surface area contributed by atoms with Crippen molar-refractivity contribution in [2.45, 2.75) is 25.9 Å². The quantitative estimate of drug-likeness (QED) is 0.316. The number of thioether (sulfide) groups is 1. The minimum absolute atomic E-state index is 0.0695. The summed E-state index contributed by atoms with van der Waals surface area (Å²) in [6, 6.07) is 13.4. The molecule has 2 fully saturated rings. The van der Waals surface area contributed by atoms with E-state index in [-0.39, 0.29) is 35.6 Å². The van der Waals surface area contributed by atoms with Crippen LogP contribution in [0.2, 0.25) is 0 Å². The molecule has 0 bridgehead atoms. The fourth-order valence-corrected chi connectivity index (χ4v) is 5.95. The molecular weight excluding hydrogens is 526 g/mol. The van der Waals surface area contributed by atoms with E-state index in [1.807, 2.05) is 0 Å². The van der Waals surface area contributed by atoms with Crippen LogP contribution in [0.15, 0.2) is 53.4 Å². The van der Waals surface area contributed by atoms with E-state index in [2.05, 4.69) is 5.32 Å². The van der Waals surface area contributed by atoms with Crippen molar-refractivity contribution in [2.75, 3.05) is 36.5 Å². The number of nitrogens with zero attached hydrogens (tertiary/aromatic N) is 2. The molecule has 0 aromatic heterocycles. The highest BCUT2D eigenvalue weighted by molar-refractivity contribution is 8.26. The van der Waals surface area contributed by atoms with Crippen molar-refractivity contribution >= 4 is 68.9 Å². The number of carbonyl (C=O) groups excluding carboxylic acids is 4. The van der Waals surface area contributed by atoms with Crippen LogP contribution in [0.3, 0.4) is 0 Å². The maximum atomic E-state index is 13.6. The van der Waals surface area contributed by atoms with Gasteiger partial charge in [0.1, 0.15) is 10.9 Å². The molecule has 196 valence electrons. The fraction of sp³-hybridized carbons (Fsp3) is 0.296. The maximum absolute atomic E-state index is 13.6. The van der Waals surface area contributed by atoms with Gasteiger partial charge in [-0.1, -0.05) is 42.2 Å². The third-order valence-corrected chi connectivity index (χ3v) is 7.84. The van der Waals surface area contributed by atoms with Crippen molar-refractivity contribution in [1.82, 2.24) is 4.90 Å². The summed E-state index contributed by atoms with van der Waals surface area (Å²) in [5.74, 6) is -1.62. The van der Waals surface area contributed by atoms with Gasteiger partial charge in [-0.3, -0.25) is 24.2 Å². The second-order valence-corrected chi connectivity index (χ2v) is 10.5. The molecule has 3 aliphatic rings. The highest BCUT2D eigenvalue weighted by Gasteiger charge is 2.43. The average Bonchev–Trinajstić information content (AvgIpc) is 3.59. The van der Waals surface area contributed by atoms with Crippen LogP contribution in [-0.2, 0) is 23.9 Å². The number of hydrogen-bond donors (Lipinski definition) is 1. The number of anilines is 2.